The number of methoxy groups -OCH3 is 2. The number of nitrogens with one attached hydrogen (secondary N) is 3. The molecule has 7 atom stereocenters. The number of alkyl halides is 4. The van der Waals surface area contributed by atoms with Crippen molar-refractivity contribution in [3.63, 3.8) is 0 Å². The van der Waals surface area contributed by atoms with Crippen molar-refractivity contribution in [3.8, 4) is 17.5 Å². The van der Waals surface area contributed by atoms with Crippen molar-refractivity contribution < 1.29 is 68.4 Å². The van der Waals surface area contributed by atoms with Gasteiger partial charge in [0.25, 0.3) is 18.3 Å². The molecule has 3 N–H and O–H groups in total. The number of rotatable bonds is 11. The van der Waals surface area contributed by atoms with Gasteiger partial charge in [0.15, 0.2) is 10.3 Å². The van der Waals surface area contributed by atoms with E-state index in [1.165, 1.54) is 14.2 Å². The Morgan fingerprint density at radius 3 is 2.26 bits per heavy atom. The SMILES string of the molecule is CC.CC.COc1ccc2c(O[C@@H]3C[C@H]4C(=O)N[C@]5(C(=O)NS(=O)(=O)C6(C(F)F)CC6)C[C@H]5/C=C\CC[C@@H](C)C[C@@H](C)[C@H](NC(=O)OC(C)(C)C(C)(F)F)C(=O)N4C3)nc(OC)cc2c1.[HH].[HH].[HH]. The van der Waals surface area contributed by atoms with Crippen LogP contribution < -0.4 is 29.6 Å². The molecule has 65 heavy (non-hydrogen) atoms. The zero-order valence-electron chi connectivity index (χ0n) is 39.1. The van der Waals surface area contributed by atoms with Gasteiger partial charge in [0.05, 0.1) is 20.8 Å². The number of alkyl carbamates (subject to hydrolysis) is 1. The van der Waals surface area contributed by atoms with E-state index < -0.39 is 92.1 Å². The number of nitrogens with zero attached hydrogens (tertiary/aromatic N) is 2. The Hall–Kier alpha value is -4.88. The van der Waals surface area contributed by atoms with Gasteiger partial charge in [-0.1, -0.05) is 53.7 Å². The Kier molecular flexibility index (Phi) is 16.8. The number of aromatic nitrogens is 1. The molecule has 1 aromatic carbocycles. The topological polar surface area (TPSA) is 192 Å². The first-order chi connectivity index (χ1) is 30.5. The van der Waals surface area contributed by atoms with Gasteiger partial charge in [-0.15, -0.1) is 0 Å². The highest BCUT2D eigenvalue weighted by atomic mass is 32.2. The normalized spacial score (nSPS) is 27.0. The molecule has 370 valence electrons. The minimum absolute atomic E-state index is 0. The first-order valence-corrected chi connectivity index (χ1v) is 23.7. The van der Waals surface area contributed by atoms with Crippen LogP contribution in [-0.2, 0) is 29.1 Å². The highest BCUT2D eigenvalue weighted by Gasteiger charge is 2.66. The number of allylic oxidation sites excluding steroid dienone is 1. The Morgan fingerprint density at radius 2 is 1.68 bits per heavy atom. The van der Waals surface area contributed by atoms with Gasteiger partial charge in [0, 0.05) is 35.0 Å². The third-order valence-corrected chi connectivity index (χ3v) is 14.6. The van der Waals surface area contributed by atoms with Crippen LogP contribution >= 0.6 is 0 Å². The fourth-order valence-corrected chi connectivity index (χ4v) is 9.50. The summed E-state index contributed by atoms with van der Waals surface area (Å²) >= 11 is 0. The highest BCUT2D eigenvalue weighted by molar-refractivity contribution is 7.91. The lowest BCUT2D eigenvalue weighted by Gasteiger charge is -2.35. The number of carbonyl (C=O) groups is 4. The van der Waals surface area contributed by atoms with Gasteiger partial charge in [0.2, 0.25) is 33.6 Å². The maximum atomic E-state index is 14.9. The zero-order chi connectivity index (χ0) is 48.9. The third-order valence-electron chi connectivity index (χ3n) is 12.5. The second kappa shape index (κ2) is 20.7. The maximum Gasteiger partial charge on any atom is 0.408 e. The van der Waals surface area contributed by atoms with Gasteiger partial charge in [-0.05, 0) is 87.8 Å². The van der Waals surface area contributed by atoms with E-state index in [0.717, 1.165) is 18.7 Å². The number of amides is 4. The molecule has 4 aliphatic rings. The van der Waals surface area contributed by atoms with E-state index in [4.69, 9.17) is 18.9 Å². The van der Waals surface area contributed by atoms with E-state index in [1.54, 1.807) is 43.3 Å². The van der Waals surface area contributed by atoms with Crippen molar-refractivity contribution in [2.24, 2.45) is 17.8 Å². The molecular formula is C45H71F4N5O10S. The van der Waals surface area contributed by atoms with Crippen LogP contribution in [0.1, 0.15) is 112 Å². The first kappa shape index (κ1) is 52.7. The molecule has 15 nitrogen and oxygen atoms in total. The predicted octanol–water partition coefficient (Wildman–Crippen LogP) is 8.05. The van der Waals surface area contributed by atoms with Crippen LogP contribution in [0.4, 0.5) is 22.4 Å². The Morgan fingerprint density at radius 1 is 1.02 bits per heavy atom. The highest BCUT2D eigenvalue weighted by Crippen LogP contribution is 2.50. The summed E-state index contributed by atoms with van der Waals surface area (Å²) < 4.78 is 105. The van der Waals surface area contributed by atoms with Crippen LogP contribution in [0.2, 0.25) is 0 Å². The van der Waals surface area contributed by atoms with E-state index in [0.29, 0.717) is 42.7 Å². The fraction of sp³-hybridized carbons (Fsp3) is 0.667. The van der Waals surface area contributed by atoms with Gasteiger partial charge >= 0.3 is 6.09 Å². The van der Waals surface area contributed by atoms with E-state index >= 15 is 0 Å². The average molecular weight is 950 g/mol. The summed E-state index contributed by atoms with van der Waals surface area (Å²) in [5.41, 5.74) is -4.15. The van der Waals surface area contributed by atoms with Gasteiger partial charge < -0.3 is 34.5 Å². The second-order valence-electron chi connectivity index (χ2n) is 17.3. The zero-order valence-corrected chi connectivity index (χ0v) is 39.9. The van der Waals surface area contributed by atoms with E-state index in [1.807, 2.05) is 39.3 Å². The quantitative estimate of drug-likeness (QED) is 0.146. The molecule has 2 aliphatic heterocycles. The number of hydrogen-bond acceptors (Lipinski definition) is 11. The molecule has 1 saturated heterocycles. The molecule has 1 aromatic heterocycles. The van der Waals surface area contributed by atoms with Crippen molar-refractivity contribution in [1.82, 2.24) is 25.2 Å². The summed E-state index contributed by atoms with van der Waals surface area (Å²) in [7, 11) is -1.97. The standard InChI is InChI=1S/C41H53F4N5O10S.2C2H6.3H2/c1-22-10-8-9-11-25-20-41(25,36(53)49-61(55,56)40(14-15-40)35(42)43)48-32(51)29-19-27(59-33-28-13-12-26(57-6)17-24(28)18-30(46-33)58-7)21-50(29)34(52)31(23(2)16-22)47-37(54)60-38(3,4)39(5,44)45;2*1-2;;;/h9,11-13,17-18,22-23,25,27,29,31,35H,8,10,14-16,19-21H2,1-7H3,(H,47,54)(H,48,51)(H,49,53);2*1-2H3;3*1H/b11-9-;;;;;/t22-,23-,25-,27-,29+,31+,41-;;;;;/m1...../s1. The fourth-order valence-electron chi connectivity index (χ4n) is 8.00. The summed E-state index contributed by atoms with van der Waals surface area (Å²) in [6.45, 7) is 14.0. The van der Waals surface area contributed by atoms with E-state index in [9.17, 15) is 45.2 Å². The summed E-state index contributed by atoms with van der Waals surface area (Å²) in [6.07, 6.45) is -1.60. The Balaban J connectivity index is 0.00000322. The van der Waals surface area contributed by atoms with Crippen molar-refractivity contribution in [2.75, 3.05) is 20.8 Å². The predicted molar refractivity (Wildman–Crippen MR) is 242 cm³/mol. The van der Waals surface area contributed by atoms with Crippen molar-refractivity contribution in [3.05, 3.63) is 36.4 Å². The molecule has 0 unspecified atom stereocenters. The number of sulfonamides is 1. The first-order valence-electron chi connectivity index (χ1n) is 22.2. The van der Waals surface area contributed by atoms with Crippen LogP contribution in [0.15, 0.2) is 36.4 Å². The van der Waals surface area contributed by atoms with Crippen LogP contribution in [0, 0.1) is 17.8 Å². The summed E-state index contributed by atoms with van der Waals surface area (Å²) in [5, 5.41) is 6.33. The maximum absolute atomic E-state index is 14.9. The number of carbonyl (C=O) groups excluding carboxylic acids is 4. The minimum Gasteiger partial charge on any atom is -0.497 e. The molecule has 6 rings (SSSR count). The van der Waals surface area contributed by atoms with Crippen LogP contribution in [0.5, 0.6) is 17.5 Å². The minimum atomic E-state index is -4.88. The molecule has 2 aliphatic carbocycles. The molecular weight excluding hydrogens is 879 g/mol. The number of fused-ring (bicyclic) bond motifs is 3. The van der Waals surface area contributed by atoms with Crippen molar-refractivity contribution >= 4 is 44.6 Å². The van der Waals surface area contributed by atoms with Gasteiger partial charge in [-0.2, -0.15) is 4.98 Å². The van der Waals surface area contributed by atoms with Gasteiger partial charge in [-0.3, -0.25) is 19.1 Å². The molecule has 2 aromatic rings. The van der Waals surface area contributed by atoms with Crippen LogP contribution in [0.3, 0.4) is 0 Å². The number of halogens is 4. The molecule has 0 bridgehead atoms. The van der Waals surface area contributed by atoms with E-state index in [2.05, 4.69) is 15.6 Å². The smallest absolute Gasteiger partial charge is 0.408 e. The number of benzene rings is 1. The number of pyridine rings is 1. The van der Waals surface area contributed by atoms with Crippen molar-refractivity contribution in [2.45, 2.75) is 154 Å². The molecule has 3 fully saturated rings. The lowest BCUT2D eigenvalue weighted by Crippen LogP contribution is -2.60. The van der Waals surface area contributed by atoms with Crippen LogP contribution in [0.25, 0.3) is 10.8 Å². The molecule has 0 radical (unpaired) electrons. The summed E-state index contributed by atoms with van der Waals surface area (Å²) in [4.78, 5) is 62.3. The molecule has 3 heterocycles. The second-order valence-corrected chi connectivity index (χ2v) is 19.4. The lowest BCUT2D eigenvalue weighted by molar-refractivity contribution is -0.152. The lowest BCUT2D eigenvalue weighted by atomic mass is 9.88. The largest absolute Gasteiger partial charge is 0.497 e. The average Bonchev–Trinajstić information content (AvgIpc) is 4.16. The molecule has 20 heteroatoms. The van der Waals surface area contributed by atoms with Gasteiger partial charge in [-0.25, -0.2) is 30.8 Å². The Bertz CT molecular complexity index is 2200. The van der Waals surface area contributed by atoms with Crippen LogP contribution in [-0.4, -0.2) is 109 Å². The Labute approximate surface area is 383 Å². The monoisotopic (exact) mass is 949 g/mol. The summed E-state index contributed by atoms with van der Waals surface area (Å²) in [6, 6.07) is 3.95. The van der Waals surface area contributed by atoms with Crippen molar-refractivity contribution in [1.29, 1.82) is 0 Å². The number of hydrogen-bond donors (Lipinski definition) is 3. The summed E-state index contributed by atoms with van der Waals surface area (Å²) in [5.74, 6) is -6.95. The molecule has 2 saturated carbocycles. The molecule has 0 spiro atoms. The number of ether oxygens (including phenoxy) is 4. The third kappa shape index (κ3) is 11.4. The van der Waals surface area contributed by atoms with Gasteiger partial charge in [0.1, 0.15) is 29.5 Å². The molecule has 4 amide bonds. The van der Waals surface area contributed by atoms with E-state index in [-0.39, 0.29) is 54.2 Å².